The van der Waals surface area contributed by atoms with Gasteiger partial charge in [0.15, 0.2) is 5.65 Å². The average Bonchev–Trinajstić information content (AvgIpc) is 3.60. The van der Waals surface area contributed by atoms with Gasteiger partial charge in [0, 0.05) is 36.9 Å². The van der Waals surface area contributed by atoms with Gasteiger partial charge in [0.05, 0.1) is 18.4 Å². The van der Waals surface area contributed by atoms with Gasteiger partial charge in [-0.15, -0.1) is 0 Å². The lowest BCUT2D eigenvalue weighted by molar-refractivity contribution is 0.518. The minimum absolute atomic E-state index is 0.108. The van der Waals surface area contributed by atoms with Gasteiger partial charge in [0.1, 0.15) is 23.0 Å². The van der Waals surface area contributed by atoms with E-state index < -0.39 is 11.8 Å². The van der Waals surface area contributed by atoms with Crippen LogP contribution in [0.25, 0.3) is 22.5 Å². The van der Waals surface area contributed by atoms with Crippen molar-refractivity contribution in [2.45, 2.75) is 18.9 Å². The molecule has 5 aromatic rings. The van der Waals surface area contributed by atoms with Crippen LogP contribution in [0.4, 0.5) is 14.6 Å². The van der Waals surface area contributed by atoms with Crippen LogP contribution in [0.15, 0.2) is 67.5 Å². The standard InChI is InChI=1S/C23H18F2N8/c24-17-3-4-20(25)29-22(17)18-2-1-10-31(18)21-7-11-32-23(30-21)19(13-28-32)33-14-16(12-27-33)15-5-8-26-9-6-15/h3-9,11-14,18H,1-2,10H2. The number of anilines is 1. The summed E-state index contributed by atoms with van der Waals surface area (Å²) >= 11 is 0. The summed E-state index contributed by atoms with van der Waals surface area (Å²) in [5, 5.41) is 8.87. The largest absolute Gasteiger partial charge is 0.348 e. The van der Waals surface area contributed by atoms with E-state index in [0.717, 1.165) is 29.7 Å². The number of hydrogen-bond donors (Lipinski definition) is 0. The molecule has 0 aliphatic carbocycles. The molecular weight excluding hydrogens is 426 g/mol. The number of halogens is 2. The molecular formula is C23H18F2N8. The van der Waals surface area contributed by atoms with Crippen molar-refractivity contribution >= 4 is 11.5 Å². The van der Waals surface area contributed by atoms with Gasteiger partial charge < -0.3 is 4.90 Å². The maximum atomic E-state index is 14.4. The highest BCUT2D eigenvalue weighted by Gasteiger charge is 2.31. The number of aromatic nitrogens is 7. The van der Waals surface area contributed by atoms with Gasteiger partial charge in [-0.25, -0.2) is 23.6 Å². The zero-order valence-corrected chi connectivity index (χ0v) is 17.4. The van der Waals surface area contributed by atoms with Crippen LogP contribution < -0.4 is 4.90 Å². The van der Waals surface area contributed by atoms with E-state index in [1.54, 1.807) is 40.2 Å². The molecule has 0 saturated carbocycles. The molecule has 0 bridgehead atoms. The Balaban J connectivity index is 1.38. The zero-order valence-electron chi connectivity index (χ0n) is 17.4. The number of hydrogen-bond acceptors (Lipinski definition) is 6. The van der Waals surface area contributed by atoms with E-state index in [4.69, 9.17) is 4.98 Å². The maximum Gasteiger partial charge on any atom is 0.213 e. The predicted molar refractivity (Wildman–Crippen MR) is 117 cm³/mol. The van der Waals surface area contributed by atoms with Crippen molar-refractivity contribution < 1.29 is 8.78 Å². The summed E-state index contributed by atoms with van der Waals surface area (Å²) in [5.41, 5.74) is 3.38. The van der Waals surface area contributed by atoms with Crippen LogP contribution in [0, 0.1) is 11.8 Å². The van der Waals surface area contributed by atoms with Gasteiger partial charge in [0.2, 0.25) is 5.95 Å². The summed E-state index contributed by atoms with van der Waals surface area (Å²) in [6, 6.07) is 7.43. The van der Waals surface area contributed by atoms with Crippen LogP contribution in [0.1, 0.15) is 24.6 Å². The first-order valence-corrected chi connectivity index (χ1v) is 10.6. The maximum absolute atomic E-state index is 14.4. The van der Waals surface area contributed by atoms with Crippen molar-refractivity contribution in [3.05, 3.63) is 85.0 Å². The van der Waals surface area contributed by atoms with E-state index in [9.17, 15) is 8.78 Å². The van der Waals surface area contributed by atoms with Gasteiger partial charge in [-0.3, -0.25) is 4.98 Å². The second-order valence-electron chi connectivity index (χ2n) is 7.85. The number of nitrogens with zero attached hydrogens (tertiary/aromatic N) is 8. The van der Waals surface area contributed by atoms with E-state index in [1.807, 2.05) is 29.3 Å². The minimum atomic E-state index is -0.691. The van der Waals surface area contributed by atoms with Crippen LogP contribution in [-0.4, -0.2) is 40.9 Å². The van der Waals surface area contributed by atoms with Gasteiger partial charge in [-0.05, 0) is 48.7 Å². The first-order valence-electron chi connectivity index (χ1n) is 10.6. The fourth-order valence-corrected chi connectivity index (χ4v) is 4.31. The summed E-state index contributed by atoms with van der Waals surface area (Å²) in [5.74, 6) is -0.554. The minimum Gasteiger partial charge on any atom is -0.348 e. The Bertz CT molecular complexity index is 1450. The van der Waals surface area contributed by atoms with Gasteiger partial charge >= 0.3 is 0 Å². The monoisotopic (exact) mass is 444 g/mol. The molecule has 10 heteroatoms. The Morgan fingerprint density at radius 3 is 2.67 bits per heavy atom. The number of pyridine rings is 2. The molecule has 33 heavy (non-hydrogen) atoms. The van der Waals surface area contributed by atoms with Crippen LogP contribution in [0.2, 0.25) is 0 Å². The first-order chi connectivity index (χ1) is 16.2. The van der Waals surface area contributed by atoms with Crippen molar-refractivity contribution in [1.82, 2.24) is 34.3 Å². The van der Waals surface area contributed by atoms with Crippen molar-refractivity contribution in [1.29, 1.82) is 0 Å². The number of fused-ring (bicyclic) bond motifs is 1. The van der Waals surface area contributed by atoms with E-state index in [-0.39, 0.29) is 11.7 Å². The molecule has 1 saturated heterocycles. The van der Waals surface area contributed by atoms with E-state index in [0.29, 0.717) is 30.1 Å². The smallest absolute Gasteiger partial charge is 0.213 e. The van der Waals surface area contributed by atoms with Gasteiger partial charge in [0.25, 0.3) is 0 Å². The Hall–Kier alpha value is -4.21. The highest BCUT2D eigenvalue weighted by Crippen LogP contribution is 2.36. The highest BCUT2D eigenvalue weighted by atomic mass is 19.1. The molecule has 164 valence electrons. The molecule has 0 amide bonds. The lowest BCUT2D eigenvalue weighted by atomic mass is 10.1. The van der Waals surface area contributed by atoms with Crippen molar-refractivity contribution in [2.24, 2.45) is 0 Å². The van der Waals surface area contributed by atoms with E-state index in [1.165, 1.54) is 0 Å². The third-order valence-electron chi connectivity index (χ3n) is 5.88. The summed E-state index contributed by atoms with van der Waals surface area (Å²) in [4.78, 5) is 14.7. The molecule has 0 radical (unpaired) electrons. The Morgan fingerprint density at radius 1 is 0.909 bits per heavy atom. The molecule has 1 aliphatic heterocycles. The fraction of sp³-hybridized carbons (Fsp3) is 0.174. The van der Waals surface area contributed by atoms with Crippen molar-refractivity contribution in [2.75, 3.05) is 11.4 Å². The fourth-order valence-electron chi connectivity index (χ4n) is 4.31. The predicted octanol–water partition coefficient (Wildman–Crippen LogP) is 3.99. The SMILES string of the molecule is Fc1ccc(F)c(C2CCCN2c2ccn3ncc(-n4cc(-c5ccncc5)cn4)c3n2)n1. The lowest BCUT2D eigenvalue weighted by Crippen LogP contribution is -2.25. The topological polar surface area (TPSA) is 77.0 Å². The van der Waals surface area contributed by atoms with Crippen molar-refractivity contribution in [3.8, 4) is 16.8 Å². The Morgan fingerprint density at radius 2 is 1.79 bits per heavy atom. The van der Waals surface area contributed by atoms with Gasteiger partial charge in [-0.2, -0.15) is 14.6 Å². The normalized spacial score (nSPS) is 16.1. The van der Waals surface area contributed by atoms with Crippen LogP contribution in [0.5, 0.6) is 0 Å². The summed E-state index contributed by atoms with van der Waals surface area (Å²) in [6.07, 6.45) is 12.2. The van der Waals surface area contributed by atoms with Crippen molar-refractivity contribution in [3.63, 3.8) is 0 Å². The Kier molecular flexibility index (Phi) is 4.56. The quantitative estimate of drug-likeness (QED) is 0.390. The molecule has 1 unspecified atom stereocenters. The zero-order chi connectivity index (χ0) is 22.4. The molecule has 6 rings (SSSR count). The second-order valence-corrected chi connectivity index (χ2v) is 7.85. The first kappa shape index (κ1) is 19.5. The highest BCUT2D eigenvalue weighted by molar-refractivity contribution is 5.65. The Labute approximate surface area is 187 Å². The molecule has 1 atom stereocenters. The molecule has 0 N–H and O–H groups in total. The lowest BCUT2D eigenvalue weighted by Gasteiger charge is -2.25. The molecule has 0 spiro atoms. The van der Waals surface area contributed by atoms with Gasteiger partial charge in [-0.1, -0.05) is 0 Å². The third-order valence-corrected chi connectivity index (χ3v) is 5.88. The molecule has 1 aliphatic rings. The van der Waals surface area contributed by atoms with Crippen LogP contribution in [-0.2, 0) is 0 Å². The van der Waals surface area contributed by atoms with E-state index >= 15 is 0 Å². The molecule has 6 heterocycles. The summed E-state index contributed by atoms with van der Waals surface area (Å²) < 4.78 is 31.6. The average molecular weight is 444 g/mol. The summed E-state index contributed by atoms with van der Waals surface area (Å²) in [6.45, 7) is 0.670. The second kappa shape index (κ2) is 7.73. The summed E-state index contributed by atoms with van der Waals surface area (Å²) in [7, 11) is 0. The number of rotatable bonds is 4. The van der Waals surface area contributed by atoms with Crippen LogP contribution >= 0.6 is 0 Å². The molecule has 1 fully saturated rings. The van der Waals surface area contributed by atoms with Crippen LogP contribution in [0.3, 0.4) is 0 Å². The molecule has 5 aromatic heterocycles. The van der Waals surface area contributed by atoms with E-state index in [2.05, 4.69) is 20.2 Å². The third kappa shape index (κ3) is 3.39. The molecule has 0 aromatic carbocycles. The molecule has 8 nitrogen and oxygen atoms in total.